The van der Waals surface area contributed by atoms with E-state index in [0.29, 0.717) is 11.6 Å². The molecule has 0 saturated heterocycles. The third kappa shape index (κ3) is 4.30. The topological polar surface area (TPSA) is 24.1 Å². The van der Waals surface area contributed by atoms with E-state index in [2.05, 4.69) is 24.5 Å². The second-order valence-corrected chi connectivity index (χ2v) is 4.00. The van der Waals surface area contributed by atoms with Crippen molar-refractivity contribution in [3.8, 4) is 0 Å². The molecule has 0 fully saturated rings. The molecule has 0 aliphatic heterocycles. The van der Waals surface area contributed by atoms with E-state index in [-0.39, 0.29) is 5.82 Å². The second-order valence-electron chi connectivity index (χ2n) is 4.00. The number of aryl methyl sites for hydroxylation is 1. The average Bonchev–Trinajstić information content (AvgIpc) is 2.18. The van der Waals surface area contributed by atoms with Crippen molar-refractivity contribution in [1.82, 2.24) is 5.32 Å². The predicted molar refractivity (Wildman–Crippen MR) is 62.8 cm³/mol. The van der Waals surface area contributed by atoms with E-state index in [4.69, 9.17) is 0 Å². The summed E-state index contributed by atoms with van der Waals surface area (Å²) in [6.07, 6.45) is 0. The Morgan fingerprint density at radius 3 is 2.60 bits per heavy atom. The summed E-state index contributed by atoms with van der Waals surface area (Å²) in [6.45, 7) is 7.76. The maximum Gasteiger partial charge on any atom is 0.126 e. The molecular formula is C12H19FN2. The molecule has 84 valence electrons. The summed E-state index contributed by atoms with van der Waals surface area (Å²) in [5, 5.41) is 6.54. The minimum absolute atomic E-state index is 0.152. The highest BCUT2D eigenvalue weighted by atomic mass is 19.1. The summed E-state index contributed by atoms with van der Waals surface area (Å²) in [7, 11) is 0. The number of anilines is 1. The Morgan fingerprint density at radius 1 is 1.27 bits per heavy atom. The first-order chi connectivity index (χ1) is 7.09. The minimum atomic E-state index is -0.152. The monoisotopic (exact) mass is 210 g/mol. The van der Waals surface area contributed by atoms with Crippen molar-refractivity contribution in [3.05, 3.63) is 29.6 Å². The van der Waals surface area contributed by atoms with Gasteiger partial charge in [-0.3, -0.25) is 0 Å². The first-order valence-electron chi connectivity index (χ1n) is 5.33. The van der Waals surface area contributed by atoms with Crippen LogP contribution in [0.1, 0.15) is 19.4 Å². The number of rotatable bonds is 5. The van der Waals surface area contributed by atoms with Gasteiger partial charge in [0.1, 0.15) is 5.82 Å². The average molecular weight is 210 g/mol. The van der Waals surface area contributed by atoms with Gasteiger partial charge in [-0.2, -0.15) is 0 Å². The fourth-order valence-electron chi connectivity index (χ4n) is 1.32. The molecule has 0 saturated carbocycles. The van der Waals surface area contributed by atoms with Crippen LogP contribution < -0.4 is 10.6 Å². The molecule has 1 aromatic rings. The SMILES string of the molecule is Cc1cc(NCCNC(C)C)ccc1F. The molecule has 0 atom stereocenters. The van der Waals surface area contributed by atoms with Crippen molar-refractivity contribution >= 4 is 5.69 Å². The number of hydrogen-bond acceptors (Lipinski definition) is 2. The van der Waals surface area contributed by atoms with Gasteiger partial charge in [-0.25, -0.2) is 4.39 Å². The molecule has 1 aromatic carbocycles. The summed E-state index contributed by atoms with van der Waals surface area (Å²) >= 11 is 0. The van der Waals surface area contributed by atoms with Gasteiger partial charge < -0.3 is 10.6 Å². The van der Waals surface area contributed by atoms with Crippen LogP contribution in [-0.4, -0.2) is 19.1 Å². The van der Waals surface area contributed by atoms with Gasteiger partial charge in [-0.1, -0.05) is 13.8 Å². The molecule has 0 heterocycles. The zero-order valence-corrected chi connectivity index (χ0v) is 9.60. The Hall–Kier alpha value is -1.09. The van der Waals surface area contributed by atoms with Crippen LogP contribution in [0.5, 0.6) is 0 Å². The summed E-state index contributed by atoms with van der Waals surface area (Å²) in [4.78, 5) is 0. The standard InChI is InChI=1S/C12H19FN2/c1-9(2)14-6-7-15-11-4-5-12(13)10(3)8-11/h4-5,8-9,14-15H,6-7H2,1-3H3. The van der Waals surface area contributed by atoms with Gasteiger partial charge in [0.2, 0.25) is 0 Å². The lowest BCUT2D eigenvalue weighted by atomic mass is 10.2. The Morgan fingerprint density at radius 2 is 2.00 bits per heavy atom. The van der Waals surface area contributed by atoms with Crippen molar-refractivity contribution in [2.45, 2.75) is 26.8 Å². The Balaban J connectivity index is 2.35. The Kier molecular flexibility index (Phi) is 4.56. The van der Waals surface area contributed by atoms with E-state index in [1.807, 2.05) is 6.07 Å². The molecule has 0 aliphatic carbocycles. The van der Waals surface area contributed by atoms with Crippen molar-refractivity contribution in [1.29, 1.82) is 0 Å². The first kappa shape index (κ1) is 12.0. The van der Waals surface area contributed by atoms with Crippen LogP contribution in [0.15, 0.2) is 18.2 Å². The molecule has 0 spiro atoms. The van der Waals surface area contributed by atoms with Crippen LogP contribution in [0.2, 0.25) is 0 Å². The van der Waals surface area contributed by atoms with Gasteiger partial charge in [-0.05, 0) is 30.7 Å². The molecule has 0 aromatic heterocycles. The molecule has 15 heavy (non-hydrogen) atoms. The lowest BCUT2D eigenvalue weighted by Crippen LogP contribution is -2.28. The van der Waals surface area contributed by atoms with Crippen LogP contribution >= 0.6 is 0 Å². The van der Waals surface area contributed by atoms with Crippen LogP contribution in [0, 0.1) is 12.7 Å². The molecule has 0 amide bonds. The fraction of sp³-hybridized carbons (Fsp3) is 0.500. The largest absolute Gasteiger partial charge is 0.384 e. The molecule has 0 unspecified atom stereocenters. The zero-order valence-electron chi connectivity index (χ0n) is 9.60. The summed E-state index contributed by atoms with van der Waals surface area (Å²) in [5.74, 6) is -0.152. The number of nitrogens with one attached hydrogen (secondary N) is 2. The zero-order chi connectivity index (χ0) is 11.3. The molecule has 0 radical (unpaired) electrons. The van der Waals surface area contributed by atoms with Crippen LogP contribution in [0.25, 0.3) is 0 Å². The number of halogens is 1. The van der Waals surface area contributed by atoms with E-state index in [1.165, 1.54) is 6.07 Å². The first-order valence-corrected chi connectivity index (χ1v) is 5.33. The van der Waals surface area contributed by atoms with Crippen LogP contribution in [-0.2, 0) is 0 Å². The van der Waals surface area contributed by atoms with Crippen molar-refractivity contribution in [3.63, 3.8) is 0 Å². The van der Waals surface area contributed by atoms with Crippen molar-refractivity contribution in [2.24, 2.45) is 0 Å². The lowest BCUT2D eigenvalue weighted by Gasteiger charge is -2.10. The predicted octanol–water partition coefficient (Wildman–Crippen LogP) is 2.54. The maximum absolute atomic E-state index is 13.0. The van der Waals surface area contributed by atoms with Gasteiger partial charge in [0.05, 0.1) is 0 Å². The normalized spacial score (nSPS) is 10.7. The van der Waals surface area contributed by atoms with Crippen molar-refractivity contribution < 1.29 is 4.39 Å². The molecule has 0 aliphatic rings. The van der Waals surface area contributed by atoms with E-state index < -0.39 is 0 Å². The Labute approximate surface area is 90.9 Å². The highest BCUT2D eigenvalue weighted by molar-refractivity contribution is 5.45. The second kappa shape index (κ2) is 5.71. The van der Waals surface area contributed by atoms with Gasteiger partial charge in [0.15, 0.2) is 0 Å². The maximum atomic E-state index is 13.0. The highest BCUT2D eigenvalue weighted by Gasteiger charge is 1.98. The number of benzene rings is 1. The van der Waals surface area contributed by atoms with Crippen molar-refractivity contribution in [2.75, 3.05) is 18.4 Å². The van der Waals surface area contributed by atoms with Gasteiger partial charge in [0, 0.05) is 24.8 Å². The summed E-state index contributed by atoms with van der Waals surface area (Å²) in [6, 6.07) is 5.58. The fourth-order valence-corrected chi connectivity index (χ4v) is 1.32. The minimum Gasteiger partial charge on any atom is -0.384 e. The van der Waals surface area contributed by atoms with E-state index in [1.54, 1.807) is 13.0 Å². The Bertz CT molecular complexity index is 310. The molecular weight excluding hydrogens is 191 g/mol. The summed E-state index contributed by atoms with van der Waals surface area (Å²) < 4.78 is 13.0. The molecule has 2 nitrogen and oxygen atoms in total. The van der Waals surface area contributed by atoms with Gasteiger partial charge in [0.25, 0.3) is 0 Å². The molecule has 0 bridgehead atoms. The third-order valence-corrected chi connectivity index (χ3v) is 2.16. The van der Waals surface area contributed by atoms with E-state index in [9.17, 15) is 4.39 Å². The van der Waals surface area contributed by atoms with E-state index >= 15 is 0 Å². The van der Waals surface area contributed by atoms with Crippen LogP contribution in [0.4, 0.5) is 10.1 Å². The molecule has 2 N–H and O–H groups in total. The highest BCUT2D eigenvalue weighted by Crippen LogP contribution is 2.12. The smallest absolute Gasteiger partial charge is 0.126 e. The quantitative estimate of drug-likeness (QED) is 0.730. The molecule has 1 rings (SSSR count). The molecule has 3 heteroatoms. The van der Waals surface area contributed by atoms with Crippen LogP contribution in [0.3, 0.4) is 0 Å². The summed E-state index contributed by atoms with van der Waals surface area (Å²) in [5.41, 5.74) is 1.65. The van der Waals surface area contributed by atoms with Gasteiger partial charge in [-0.15, -0.1) is 0 Å². The van der Waals surface area contributed by atoms with Gasteiger partial charge >= 0.3 is 0 Å². The lowest BCUT2D eigenvalue weighted by molar-refractivity contribution is 0.602. The third-order valence-electron chi connectivity index (χ3n) is 2.16. The van der Waals surface area contributed by atoms with E-state index in [0.717, 1.165) is 18.8 Å². The number of hydrogen-bond donors (Lipinski definition) is 2.